The van der Waals surface area contributed by atoms with E-state index in [2.05, 4.69) is 16.5 Å². The largest absolute Gasteiger partial charge is 0.462 e. The van der Waals surface area contributed by atoms with Gasteiger partial charge in [0.05, 0.1) is 6.61 Å². The van der Waals surface area contributed by atoms with E-state index in [1.165, 1.54) is 16.9 Å². The van der Waals surface area contributed by atoms with E-state index in [0.717, 1.165) is 28.7 Å². The number of nitrogens with zero attached hydrogens (tertiary/aromatic N) is 1. The summed E-state index contributed by atoms with van der Waals surface area (Å²) < 4.78 is 10.8. The van der Waals surface area contributed by atoms with Crippen LogP contribution in [0.1, 0.15) is 38.9 Å². The minimum atomic E-state index is -0.473. The second-order valence-electron chi connectivity index (χ2n) is 7.39. The molecule has 4 aromatic rings. The number of aryl methyl sites for hydroxylation is 1. The number of rotatable bonds is 5. The molecular formula is C25H20N2O4S. The number of benzene rings is 2. The van der Waals surface area contributed by atoms with E-state index >= 15 is 0 Å². The van der Waals surface area contributed by atoms with Crippen LogP contribution in [0.4, 0.5) is 5.00 Å². The molecule has 1 aliphatic carbocycles. The molecule has 0 saturated carbocycles. The molecule has 1 N–H and O–H groups in total. The van der Waals surface area contributed by atoms with Crippen LogP contribution in [0.25, 0.3) is 22.5 Å². The van der Waals surface area contributed by atoms with Gasteiger partial charge in [0, 0.05) is 22.1 Å². The monoisotopic (exact) mass is 444 g/mol. The molecular weight excluding hydrogens is 424 g/mol. The normalized spacial score (nSPS) is 12.0. The fourth-order valence-electron chi connectivity index (χ4n) is 4.00. The zero-order valence-corrected chi connectivity index (χ0v) is 18.2. The highest BCUT2D eigenvalue weighted by Crippen LogP contribution is 2.38. The van der Waals surface area contributed by atoms with Crippen molar-refractivity contribution in [3.8, 4) is 22.5 Å². The van der Waals surface area contributed by atoms with E-state index in [1.807, 2.05) is 53.9 Å². The van der Waals surface area contributed by atoms with Crippen molar-refractivity contribution in [2.45, 2.75) is 19.8 Å². The van der Waals surface area contributed by atoms with Gasteiger partial charge in [-0.25, -0.2) is 4.79 Å². The molecule has 0 unspecified atom stereocenters. The molecule has 0 bridgehead atoms. The molecule has 0 aliphatic heterocycles. The van der Waals surface area contributed by atoms with Gasteiger partial charge in [0.25, 0.3) is 5.91 Å². The Bertz CT molecular complexity index is 1310. The number of aromatic nitrogens is 1. The number of amides is 1. The minimum Gasteiger partial charge on any atom is -0.462 e. The van der Waals surface area contributed by atoms with Crippen LogP contribution in [0.3, 0.4) is 0 Å². The number of carbonyl (C=O) groups excluding carboxylic acids is 2. The molecule has 32 heavy (non-hydrogen) atoms. The lowest BCUT2D eigenvalue weighted by molar-refractivity contribution is 0.0529. The van der Waals surface area contributed by atoms with Gasteiger partial charge in [-0.2, -0.15) is 0 Å². The van der Waals surface area contributed by atoms with Crippen LogP contribution in [0.15, 0.2) is 64.5 Å². The molecule has 0 spiro atoms. The van der Waals surface area contributed by atoms with E-state index in [-0.39, 0.29) is 12.3 Å². The van der Waals surface area contributed by atoms with Crippen LogP contribution in [0, 0.1) is 0 Å². The predicted molar refractivity (Wildman–Crippen MR) is 123 cm³/mol. The number of anilines is 1. The molecule has 1 amide bonds. The van der Waals surface area contributed by atoms with Gasteiger partial charge in [0.15, 0.2) is 11.5 Å². The molecule has 5 rings (SSSR count). The molecule has 1 aliphatic rings. The van der Waals surface area contributed by atoms with E-state index in [0.29, 0.717) is 22.7 Å². The average Bonchev–Trinajstić information content (AvgIpc) is 3.44. The lowest BCUT2D eigenvalue weighted by Crippen LogP contribution is -2.17. The Morgan fingerprint density at radius 3 is 2.66 bits per heavy atom. The molecule has 0 fully saturated rings. The fraction of sp³-hybridized carbons (Fsp3) is 0.160. The molecule has 7 heteroatoms. The Labute approximate surface area is 188 Å². The highest BCUT2D eigenvalue weighted by molar-refractivity contribution is 7.15. The number of hydrogen-bond acceptors (Lipinski definition) is 6. The van der Waals surface area contributed by atoms with E-state index < -0.39 is 11.9 Å². The molecule has 0 atom stereocenters. The summed E-state index contributed by atoms with van der Waals surface area (Å²) in [5.41, 5.74) is 5.13. The summed E-state index contributed by atoms with van der Waals surface area (Å²) in [6, 6.07) is 17.5. The SMILES string of the molecule is CCOC(=O)c1c(-c2ccccc2)csc1NC(=O)c1noc2c1CCc1ccccc1-2. The second kappa shape index (κ2) is 8.43. The molecule has 0 radical (unpaired) electrons. The molecule has 0 saturated heterocycles. The maximum Gasteiger partial charge on any atom is 0.341 e. The Kier molecular flexibility index (Phi) is 5.33. The van der Waals surface area contributed by atoms with Gasteiger partial charge >= 0.3 is 5.97 Å². The van der Waals surface area contributed by atoms with Gasteiger partial charge in [-0.3, -0.25) is 4.79 Å². The van der Waals surface area contributed by atoms with Crippen molar-refractivity contribution in [2.24, 2.45) is 0 Å². The average molecular weight is 445 g/mol. The van der Waals surface area contributed by atoms with Crippen LogP contribution >= 0.6 is 11.3 Å². The summed E-state index contributed by atoms with van der Waals surface area (Å²) in [6.07, 6.45) is 1.49. The molecule has 2 heterocycles. The number of esters is 1. The summed E-state index contributed by atoms with van der Waals surface area (Å²) in [5.74, 6) is -0.237. The number of nitrogens with one attached hydrogen (secondary N) is 1. The summed E-state index contributed by atoms with van der Waals surface area (Å²) in [5, 5.41) is 9.23. The minimum absolute atomic E-state index is 0.243. The van der Waals surface area contributed by atoms with Crippen LogP contribution in [0.2, 0.25) is 0 Å². The van der Waals surface area contributed by atoms with Crippen molar-refractivity contribution >= 4 is 28.2 Å². The summed E-state index contributed by atoms with van der Waals surface area (Å²) >= 11 is 1.29. The smallest absolute Gasteiger partial charge is 0.341 e. The summed E-state index contributed by atoms with van der Waals surface area (Å²) in [4.78, 5) is 25.9. The van der Waals surface area contributed by atoms with Crippen LogP contribution in [-0.4, -0.2) is 23.6 Å². The van der Waals surface area contributed by atoms with Gasteiger partial charge in [-0.05, 0) is 30.9 Å². The quantitative estimate of drug-likeness (QED) is 0.405. The van der Waals surface area contributed by atoms with Crippen molar-refractivity contribution in [3.63, 3.8) is 0 Å². The fourth-order valence-corrected chi connectivity index (χ4v) is 4.95. The Hall–Kier alpha value is -3.71. The lowest BCUT2D eigenvalue weighted by atomic mass is 9.89. The predicted octanol–water partition coefficient (Wildman–Crippen LogP) is 5.60. The first-order valence-corrected chi connectivity index (χ1v) is 11.3. The highest BCUT2D eigenvalue weighted by Gasteiger charge is 2.29. The van der Waals surface area contributed by atoms with Gasteiger partial charge in [0.2, 0.25) is 0 Å². The Morgan fingerprint density at radius 2 is 1.84 bits per heavy atom. The van der Waals surface area contributed by atoms with Crippen molar-refractivity contribution in [2.75, 3.05) is 11.9 Å². The van der Waals surface area contributed by atoms with Crippen molar-refractivity contribution in [1.29, 1.82) is 0 Å². The number of fused-ring (bicyclic) bond motifs is 3. The third kappa shape index (κ3) is 3.50. The number of carbonyl (C=O) groups is 2. The van der Waals surface area contributed by atoms with E-state index in [1.54, 1.807) is 6.92 Å². The topological polar surface area (TPSA) is 81.4 Å². The van der Waals surface area contributed by atoms with Crippen LogP contribution in [0.5, 0.6) is 0 Å². The zero-order chi connectivity index (χ0) is 22.1. The zero-order valence-electron chi connectivity index (χ0n) is 17.4. The van der Waals surface area contributed by atoms with Crippen molar-refractivity contribution in [3.05, 3.63) is 82.4 Å². The second-order valence-corrected chi connectivity index (χ2v) is 8.27. The summed E-state index contributed by atoms with van der Waals surface area (Å²) in [6.45, 7) is 2.00. The first kappa shape index (κ1) is 20.2. The maximum absolute atomic E-state index is 13.2. The van der Waals surface area contributed by atoms with Gasteiger partial charge < -0.3 is 14.6 Å². The standard InChI is InChI=1S/C25H20N2O4S/c1-2-30-25(29)20-19(15-8-4-3-5-9-15)14-32-24(20)26-23(28)21-18-13-12-16-10-6-7-11-17(16)22(18)31-27-21/h3-11,14H,2,12-13H2,1H3,(H,26,28). The van der Waals surface area contributed by atoms with Gasteiger partial charge in [-0.15, -0.1) is 11.3 Å². The maximum atomic E-state index is 13.2. The molecule has 160 valence electrons. The number of thiophene rings is 1. The third-order valence-electron chi connectivity index (χ3n) is 5.49. The number of ether oxygens (including phenoxy) is 1. The van der Waals surface area contributed by atoms with E-state index in [4.69, 9.17) is 9.26 Å². The lowest BCUT2D eigenvalue weighted by Gasteiger charge is -2.14. The van der Waals surface area contributed by atoms with Crippen molar-refractivity contribution < 1.29 is 18.8 Å². The third-order valence-corrected chi connectivity index (χ3v) is 6.39. The van der Waals surface area contributed by atoms with Crippen LogP contribution < -0.4 is 5.32 Å². The Balaban J connectivity index is 1.49. The highest BCUT2D eigenvalue weighted by atomic mass is 32.1. The van der Waals surface area contributed by atoms with Crippen LogP contribution in [-0.2, 0) is 17.6 Å². The number of hydrogen-bond donors (Lipinski definition) is 1. The molecule has 6 nitrogen and oxygen atoms in total. The molecule has 2 aromatic heterocycles. The summed E-state index contributed by atoms with van der Waals surface area (Å²) in [7, 11) is 0. The molecule has 2 aromatic carbocycles. The van der Waals surface area contributed by atoms with Crippen molar-refractivity contribution in [1.82, 2.24) is 5.16 Å². The van der Waals surface area contributed by atoms with Gasteiger partial charge in [0.1, 0.15) is 10.6 Å². The first-order chi connectivity index (χ1) is 15.7. The van der Waals surface area contributed by atoms with E-state index in [9.17, 15) is 9.59 Å². The van der Waals surface area contributed by atoms with Gasteiger partial charge in [-0.1, -0.05) is 59.8 Å². The Morgan fingerprint density at radius 1 is 1.06 bits per heavy atom. The first-order valence-electron chi connectivity index (χ1n) is 10.4.